The van der Waals surface area contributed by atoms with Crippen molar-refractivity contribution < 1.29 is 14.1 Å². The summed E-state index contributed by atoms with van der Waals surface area (Å²) in [4.78, 5) is 38.0. The van der Waals surface area contributed by atoms with Crippen LogP contribution in [0.3, 0.4) is 0 Å². The van der Waals surface area contributed by atoms with Crippen molar-refractivity contribution in [3.8, 4) is 28.4 Å². The van der Waals surface area contributed by atoms with Gasteiger partial charge in [-0.05, 0) is 49.3 Å². The van der Waals surface area contributed by atoms with Crippen LogP contribution < -0.4 is 10.5 Å². The first-order chi connectivity index (χ1) is 19.0. The summed E-state index contributed by atoms with van der Waals surface area (Å²) in [6.45, 7) is 5.59. The van der Waals surface area contributed by atoms with Crippen molar-refractivity contribution in [3.63, 3.8) is 0 Å². The number of carbonyl (C=O) groups excluding carboxylic acids is 1. The normalized spacial score (nSPS) is 13.1. The van der Waals surface area contributed by atoms with Gasteiger partial charge in [-0.2, -0.15) is 4.98 Å². The number of aryl methyl sites for hydroxylation is 2. The topological polar surface area (TPSA) is 114 Å². The number of H-pyrrole nitrogens is 1. The molecule has 4 aromatic rings. The van der Waals surface area contributed by atoms with Gasteiger partial charge in [-0.15, -0.1) is 0 Å². The monoisotopic (exact) mass is 527 g/mol. The predicted octanol–water partition coefficient (Wildman–Crippen LogP) is 4.73. The van der Waals surface area contributed by atoms with Gasteiger partial charge in [0.1, 0.15) is 5.82 Å². The van der Waals surface area contributed by atoms with Crippen LogP contribution in [0.15, 0.2) is 57.8 Å². The molecule has 0 saturated carbocycles. The first-order valence-corrected chi connectivity index (χ1v) is 13.5. The summed E-state index contributed by atoms with van der Waals surface area (Å²) in [5, 5.41) is 3.85. The van der Waals surface area contributed by atoms with Gasteiger partial charge in [-0.3, -0.25) is 14.3 Å². The number of likely N-dealkylation sites (tertiary alicyclic amines) is 1. The number of unbranched alkanes of at least 4 members (excludes halogenated alkanes) is 1. The maximum atomic E-state index is 12.7. The van der Waals surface area contributed by atoms with Gasteiger partial charge in [-0.1, -0.05) is 67.0 Å². The van der Waals surface area contributed by atoms with E-state index in [1.807, 2.05) is 48.2 Å². The SMILES string of the molecule is CCCCc1nc(C)nc(OCC(=O)N2CCCC2)c1Cc1ccc(-c2ccccc2-c2noc(=O)[nH]2)cc1. The molecule has 1 aliphatic heterocycles. The summed E-state index contributed by atoms with van der Waals surface area (Å²) < 4.78 is 10.8. The van der Waals surface area contributed by atoms with Crippen LogP contribution in [0, 0.1) is 6.92 Å². The highest BCUT2D eigenvalue weighted by Gasteiger charge is 2.21. The Balaban J connectivity index is 1.41. The van der Waals surface area contributed by atoms with E-state index in [1.54, 1.807) is 0 Å². The van der Waals surface area contributed by atoms with Crippen LogP contribution in [0.25, 0.3) is 22.5 Å². The molecule has 2 aromatic carbocycles. The number of amides is 1. The minimum atomic E-state index is -0.588. The fraction of sp³-hybridized carbons (Fsp3) is 0.367. The Hall–Kier alpha value is -4.27. The lowest BCUT2D eigenvalue weighted by Gasteiger charge is -2.18. The Morgan fingerprint density at radius 3 is 2.49 bits per heavy atom. The van der Waals surface area contributed by atoms with Crippen molar-refractivity contribution in [1.29, 1.82) is 0 Å². The third kappa shape index (κ3) is 6.25. The van der Waals surface area contributed by atoms with Crippen LogP contribution >= 0.6 is 0 Å². The van der Waals surface area contributed by atoms with E-state index < -0.39 is 5.76 Å². The lowest BCUT2D eigenvalue weighted by atomic mass is 9.96. The van der Waals surface area contributed by atoms with Gasteiger partial charge >= 0.3 is 5.76 Å². The van der Waals surface area contributed by atoms with E-state index in [2.05, 4.69) is 34.2 Å². The fourth-order valence-electron chi connectivity index (χ4n) is 4.96. The molecule has 0 aliphatic carbocycles. The molecule has 2 aromatic heterocycles. The lowest BCUT2D eigenvalue weighted by Crippen LogP contribution is -2.32. The minimum Gasteiger partial charge on any atom is -0.467 e. The summed E-state index contributed by atoms with van der Waals surface area (Å²) in [5.74, 6) is 0.940. The summed E-state index contributed by atoms with van der Waals surface area (Å²) in [6.07, 6.45) is 5.56. The molecule has 39 heavy (non-hydrogen) atoms. The molecule has 9 nitrogen and oxygen atoms in total. The van der Waals surface area contributed by atoms with Crippen LogP contribution in [-0.4, -0.2) is 50.6 Å². The zero-order chi connectivity index (χ0) is 27.2. The average Bonchev–Trinajstić information content (AvgIpc) is 3.65. The molecule has 5 rings (SSSR count). The highest BCUT2D eigenvalue weighted by atomic mass is 16.5. The average molecular weight is 528 g/mol. The van der Waals surface area contributed by atoms with E-state index in [4.69, 9.17) is 14.2 Å². The summed E-state index contributed by atoms with van der Waals surface area (Å²) in [7, 11) is 0. The van der Waals surface area contributed by atoms with Crippen molar-refractivity contribution in [3.05, 3.63) is 81.7 Å². The number of aromatic nitrogens is 4. The number of rotatable bonds is 10. The van der Waals surface area contributed by atoms with E-state index in [9.17, 15) is 9.59 Å². The van der Waals surface area contributed by atoms with E-state index in [-0.39, 0.29) is 12.5 Å². The molecule has 9 heteroatoms. The molecule has 202 valence electrons. The molecule has 0 radical (unpaired) electrons. The number of hydrogen-bond acceptors (Lipinski definition) is 7. The first-order valence-electron chi connectivity index (χ1n) is 13.5. The van der Waals surface area contributed by atoms with Gasteiger partial charge in [0.05, 0.1) is 5.69 Å². The summed E-state index contributed by atoms with van der Waals surface area (Å²) in [5.41, 5.74) is 5.67. The first kappa shape index (κ1) is 26.3. The largest absolute Gasteiger partial charge is 0.467 e. The number of benzene rings is 2. The quantitative estimate of drug-likeness (QED) is 0.317. The molecule has 0 bridgehead atoms. The maximum absolute atomic E-state index is 12.7. The molecule has 3 heterocycles. The molecular formula is C30H33N5O4. The molecular weight excluding hydrogens is 494 g/mol. The Morgan fingerprint density at radius 1 is 1.05 bits per heavy atom. The second-order valence-electron chi connectivity index (χ2n) is 9.84. The molecule has 1 aliphatic rings. The molecule has 1 amide bonds. The molecule has 0 spiro atoms. The maximum Gasteiger partial charge on any atom is 0.439 e. The van der Waals surface area contributed by atoms with Crippen LogP contribution in [0.5, 0.6) is 5.88 Å². The number of nitrogens with one attached hydrogen (secondary N) is 1. The van der Waals surface area contributed by atoms with E-state index in [0.717, 1.165) is 78.7 Å². The fourth-order valence-corrected chi connectivity index (χ4v) is 4.96. The van der Waals surface area contributed by atoms with Gasteiger partial charge in [0, 0.05) is 30.6 Å². The number of carbonyl (C=O) groups is 1. The highest BCUT2D eigenvalue weighted by molar-refractivity contribution is 5.80. The number of aromatic amines is 1. The van der Waals surface area contributed by atoms with E-state index >= 15 is 0 Å². The van der Waals surface area contributed by atoms with Gasteiger partial charge in [0.25, 0.3) is 5.91 Å². The Morgan fingerprint density at radius 2 is 1.79 bits per heavy atom. The van der Waals surface area contributed by atoms with Gasteiger partial charge in [0.15, 0.2) is 12.4 Å². The van der Waals surface area contributed by atoms with Crippen LogP contribution in [0.4, 0.5) is 0 Å². The Labute approximate surface area is 227 Å². The molecule has 0 atom stereocenters. The molecule has 1 saturated heterocycles. The van der Waals surface area contributed by atoms with Crippen LogP contribution in [0.2, 0.25) is 0 Å². The van der Waals surface area contributed by atoms with Crippen molar-refractivity contribution in [1.82, 2.24) is 25.0 Å². The highest BCUT2D eigenvalue weighted by Crippen LogP contribution is 2.31. The third-order valence-corrected chi connectivity index (χ3v) is 6.99. The minimum absolute atomic E-state index is 0.00120. The summed E-state index contributed by atoms with van der Waals surface area (Å²) >= 11 is 0. The number of hydrogen-bond donors (Lipinski definition) is 1. The molecule has 0 unspecified atom stereocenters. The zero-order valence-electron chi connectivity index (χ0n) is 22.4. The molecule has 1 N–H and O–H groups in total. The predicted molar refractivity (Wildman–Crippen MR) is 147 cm³/mol. The van der Waals surface area contributed by atoms with Gasteiger partial charge in [0.2, 0.25) is 5.88 Å². The zero-order valence-corrected chi connectivity index (χ0v) is 22.4. The lowest BCUT2D eigenvalue weighted by molar-refractivity contribution is -0.132. The Kier molecular flexibility index (Phi) is 8.15. The van der Waals surface area contributed by atoms with Crippen molar-refractivity contribution in [2.24, 2.45) is 0 Å². The standard InChI is InChI=1S/C30H33N5O4/c1-3-4-11-26-25(29(32-20(2)31-26)38-19-27(36)35-16-7-8-17-35)18-21-12-14-22(15-13-21)23-9-5-6-10-24(23)28-33-30(37)39-34-28/h5-6,9-10,12-15H,3-4,7-8,11,16-19H2,1-2H3,(H,33,34,37). The van der Waals surface area contributed by atoms with E-state index in [1.165, 1.54) is 0 Å². The molecule has 1 fully saturated rings. The van der Waals surface area contributed by atoms with Gasteiger partial charge < -0.3 is 9.64 Å². The number of nitrogens with zero attached hydrogens (tertiary/aromatic N) is 4. The van der Waals surface area contributed by atoms with Gasteiger partial charge in [-0.25, -0.2) is 9.78 Å². The Bertz CT molecular complexity index is 1490. The van der Waals surface area contributed by atoms with Crippen molar-refractivity contribution in [2.45, 2.75) is 52.4 Å². The smallest absolute Gasteiger partial charge is 0.439 e. The van der Waals surface area contributed by atoms with Crippen LogP contribution in [-0.2, 0) is 17.6 Å². The van der Waals surface area contributed by atoms with Crippen LogP contribution in [0.1, 0.15) is 55.3 Å². The number of ether oxygens (including phenoxy) is 1. The third-order valence-electron chi connectivity index (χ3n) is 6.99. The van der Waals surface area contributed by atoms with Crippen molar-refractivity contribution >= 4 is 5.91 Å². The second-order valence-corrected chi connectivity index (χ2v) is 9.84. The van der Waals surface area contributed by atoms with Crippen molar-refractivity contribution in [2.75, 3.05) is 19.7 Å². The second kappa shape index (κ2) is 12.1. The van der Waals surface area contributed by atoms with E-state index in [0.29, 0.717) is 23.9 Å². The summed E-state index contributed by atoms with van der Waals surface area (Å²) in [6, 6.07) is 16.0.